The second-order valence-corrected chi connectivity index (χ2v) is 6.07. The van der Waals surface area contributed by atoms with Crippen LogP contribution in [0.1, 0.15) is 51.9 Å². The van der Waals surface area contributed by atoms with Crippen LogP contribution in [0, 0.1) is 11.3 Å². The van der Waals surface area contributed by atoms with Crippen molar-refractivity contribution in [2.45, 2.75) is 57.9 Å². The van der Waals surface area contributed by atoms with Gasteiger partial charge in [-0.2, -0.15) is 0 Å². The second kappa shape index (κ2) is 5.39. The van der Waals surface area contributed by atoms with Gasteiger partial charge in [0.05, 0.1) is 0 Å². The van der Waals surface area contributed by atoms with Crippen LogP contribution in [0.3, 0.4) is 0 Å². The summed E-state index contributed by atoms with van der Waals surface area (Å²) >= 11 is 0. The molecular formula is C14H25N3O2. The Balaban J connectivity index is 1.97. The maximum atomic E-state index is 12.5. The topological polar surface area (TPSA) is 78.9 Å². The lowest BCUT2D eigenvalue weighted by Gasteiger charge is -2.36. The summed E-state index contributed by atoms with van der Waals surface area (Å²) in [5.41, 5.74) is 4.97. The van der Waals surface area contributed by atoms with Gasteiger partial charge in [-0.3, -0.25) is 4.79 Å². The van der Waals surface area contributed by atoms with Gasteiger partial charge in [0.2, 0.25) is 5.91 Å². The van der Waals surface area contributed by atoms with Crippen LogP contribution in [0.2, 0.25) is 0 Å². The van der Waals surface area contributed by atoms with E-state index < -0.39 is 5.41 Å². The van der Waals surface area contributed by atoms with Gasteiger partial charge in [0.25, 0.3) is 0 Å². The van der Waals surface area contributed by atoms with Crippen molar-refractivity contribution in [3.8, 4) is 0 Å². The molecule has 0 unspecified atom stereocenters. The van der Waals surface area contributed by atoms with Crippen molar-refractivity contribution in [2.75, 3.05) is 7.05 Å². The minimum atomic E-state index is -0.703. The van der Waals surface area contributed by atoms with Crippen LogP contribution in [-0.2, 0) is 4.79 Å². The van der Waals surface area contributed by atoms with Gasteiger partial charge in [0.15, 0.2) is 5.84 Å². The van der Waals surface area contributed by atoms with E-state index in [1.165, 1.54) is 19.3 Å². The molecule has 2 fully saturated rings. The van der Waals surface area contributed by atoms with Gasteiger partial charge in [-0.15, -0.1) is 0 Å². The molecule has 5 heteroatoms. The summed E-state index contributed by atoms with van der Waals surface area (Å²) in [6, 6.07) is 0.319. The summed E-state index contributed by atoms with van der Waals surface area (Å²) < 4.78 is 0. The summed E-state index contributed by atoms with van der Waals surface area (Å²) in [4.78, 5) is 14.4. The number of hydrogen-bond acceptors (Lipinski definition) is 3. The average Bonchev–Trinajstić information content (AvgIpc) is 3.26. The van der Waals surface area contributed by atoms with Crippen molar-refractivity contribution in [1.82, 2.24) is 4.90 Å². The van der Waals surface area contributed by atoms with Crippen molar-refractivity contribution in [3.63, 3.8) is 0 Å². The summed E-state index contributed by atoms with van der Waals surface area (Å²) in [7, 11) is 1.87. The normalized spacial score (nSPS) is 29.9. The Labute approximate surface area is 114 Å². The van der Waals surface area contributed by atoms with Crippen molar-refractivity contribution >= 4 is 11.7 Å². The van der Waals surface area contributed by atoms with Crippen molar-refractivity contribution in [1.29, 1.82) is 0 Å². The zero-order valence-corrected chi connectivity index (χ0v) is 11.9. The molecule has 0 aromatic carbocycles. The number of amidine groups is 1. The van der Waals surface area contributed by atoms with E-state index in [2.05, 4.69) is 12.1 Å². The molecule has 2 aliphatic carbocycles. The molecule has 0 aromatic heterocycles. The molecule has 0 atom stereocenters. The van der Waals surface area contributed by atoms with Crippen LogP contribution in [0.5, 0.6) is 0 Å². The molecule has 0 radical (unpaired) electrons. The van der Waals surface area contributed by atoms with Crippen molar-refractivity contribution in [2.24, 2.45) is 22.2 Å². The SMILES string of the molecule is CCC1CCC(N(C)C(=O)C2(C(N)=NO)CC2)CC1. The molecule has 2 aliphatic rings. The maximum absolute atomic E-state index is 12.5. The third-order valence-corrected chi connectivity index (χ3v) is 5.02. The van der Waals surface area contributed by atoms with E-state index in [0.717, 1.165) is 18.8 Å². The Kier molecular flexibility index (Phi) is 4.02. The molecule has 0 heterocycles. The Morgan fingerprint density at radius 3 is 2.37 bits per heavy atom. The average molecular weight is 267 g/mol. The number of nitrogens with zero attached hydrogens (tertiary/aromatic N) is 2. The van der Waals surface area contributed by atoms with E-state index in [4.69, 9.17) is 10.9 Å². The molecule has 0 saturated heterocycles. The number of oxime groups is 1. The monoisotopic (exact) mass is 267 g/mol. The zero-order chi connectivity index (χ0) is 14.0. The largest absolute Gasteiger partial charge is 0.409 e. The summed E-state index contributed by atoms with van der Waals surface area (Å²) in [5, 5.41) is 11.9. The van der Waals surface area contributed by atoms with Crippen LogP contribution >= 0.6 is 0 Å². The van der Waals surface area contributed by atoms with Gasteiger partial charge >= 0.3 is 0 Å². The third kappa shape index (κ3) is 2.55. The van der Waals surface area contributed by atoms with Crippen molar-refractivity contribution in [3.05, 3.63) is 0 Å². The zero-order valence-electron chi connectivity index (χ0n) is 11.9. The lowest BCUT2D eigenvalue weighted by Crippen LogP contribution is -2.47. The first-order valence-corrected chi connectivity index (χ1v) is 7.30. The number of hydrogen-bond donors (Lipinski definition) is 2. The highest BCUT2D eigenvalue weighted by molar-refractivity contribution is 6.09. The van der Waals surface area contributed by atoms with E-state index in [1.54, 1.807) is 0 Å². The van der Waals surface area contributed by atoms with E-state index in [1.807, 2.05) is 11.9 Å². The highest BCUT2D eigenvalue weighted by Gasteiger charge is 2.56. The van der Waals surface area contributed by atoms with E-state index in [0.29, 0.717) is 18.9 Å². The smallest absolute Gasteiger partial charge is 0.236 e. The second-order valence-electron chi connectivity index (χ2n) is 6.07. The molecule has 0 aromatic rings. The van der Waals surface area contributed by atoms with Gasteiger partial charge in [-0.25, -0.2) is 0 Å². The fraction of sp³-hybridized carbons (Fsp3) is 0.857. The highest BCUT2D eigenvalue weighted by Crippen LogP contribution is 2.48. The quantitative estimate of drug-likeness (QED) is 0.353. The minimum absolute atomic E-state index is 0.0303. The van der Waals surface area contributed by atoms with E-state index >= 15 is 0 Å². The number of nitrogens with two attached hydrogens (primary N) is 1. The summed E-state index contributed by atoms with van der Waals surface area (Å²) in [6.07, 6.45) is 7.20. The molecule has 19 heavy (non-hydrogen) atoms. The number of carbonyl (C=O) groups is 1. The summed E-state index contributed by atoms with van der Waals surface area (Å²) in [5.74, 6) is 0.924. The molecule has 108 valence electrons. The molecule has 0 bridgehead atoms. The standard InChI is InChI=1S/C14H25N3O2/c1-3-10-4-6-11(7-5-10)17(2)13(18)14(8-9-14)12(15)16-19/h10-11,19H,3-9H2,1-2H3,(H2,15,16). The predicted molar refractivity (Wildman–Crippen MR) is 73.9 cm³/mol. The van der Waals surface area contributed by atoms with E-state index in [-0.39, 0.29) is 11.7 Å². The first-order chi connectivity index (χ1) is 9.05. The molecular weight excluding hydrogens is 242 g/mol. The predicted octanol–water partition coefficient (Wildman–Crippen LogP) is 1.94. The minimum Gasteiger partial charge on any atom is -0.409 e. The van der Waals surface area contributed by atoms with E-state index in [9.17, 15) is 4.79 Å². The third-order valence-electron chi connectivity index (χ3n) is 5.02. The maximum Gasteiger partial charge on any atom is 0.236 e. The number of carbonyl (C=O) groups excluding carboxylic acids is 1. The molecule has 2 saturated carbocycles. The summed E-state index contributed by atoms with van der Waals surface area (Å²) in [6.45, 7) is 2.23. The lowest BCUT2D eigenvalue weighted by molar-refractivity contribution is -0.136. The van der Waals surface area contributed by atoms with Crippen LogP contribution < -0.4 is 5.73 Å². The number of rotatable bonds is 4. The lowest BCUT2D eigenvalue weighted by atomic mass is 9.83. The molecule has 5 nitrogen and oxygen atoms in total. The Hall–Kier alpha value is -1.26. The van der Waals surface area contributed by atoms with Gasteiger partial charge < -0.3 is 15.8 Å². The molecule has 2 rings (SSSR count). The first-order valence-electron chi connectivity index (χ1n) is 7.30. The van der Waals surface area contributed by atoms with Crippen LogP contribution in [0.25, 0.3) is 0 Å². The van der Waals surface area contributed by atoms with Gasteiger partial charge in [-0.1, -0.05) is 18.5 Å². The van der Waals surface area contributed by atoms with Crippen LogP contribution in [0.15, 0.2) is 5.16 Å². The Morgan fingerprint density at radius 2 is 1.95 bits per heavy atom. The molecule has 0 aliphatic heterocycles. The molecule has 3 N–H and O–H groups in total. The van der Waals surface area contributed by atoms with Gasteiger partial charge in [-0.05, 0) is 44.4 Å². The van der Waals surface area contributed by atoms with Crippen molar-refractivity contribution < 1.29 is 10.0 Å². The Morgan fingerprint density at radius 1 is 1.37 bits per heavy atom. The number of amides is 1. The fourth-order valence-electron chi connectivity index (χ4n) is 3.24. The van der Waals surface area contributed by atoms with Crippen LogP contribution in [0.4, 0.5) is 0 Å². The fourth-order valence-corrected chi connectivity index (χ4v) is 3.24. The first kappa shape index (κ1) is 14.2. The van der Waals surface area contributed by atoms with Gasteiger partial charge in [0.1, 0.15) is 5.41 Å². The molecule has 0 spiro atoms. The van der Waals surface area contributed by atoms with Crippen LogP contribution in [-0.4, -0.2) is 34.9 Å². The van der Waals surface area contributed by atoms with Gasteiger partial charge in [0, 0.05) is 13.1 Å². The highest BCUT2D eigenvalue weighted by atomic mass is 16.4. The Bertz CT molecular complexity index is 369. The molecule has 1 amide bonds.